The SMILES string of the molecule is COC(=O)NC(C(=O)N1[C@@H]2CC[C@@H](C2)[C@H]1c1ncc(C2C=Cc3c(ccc4cc(-c5cnc([C@@H]6CCCN6C(=O)[C@@H](NC(=O)OC)C(C)C)[nH]5)ccc34)C2)[nH]1)C(C)OC. The van der Waals surface area contributed by atoms with E-state index in [1.807, 2.05) is 36.0 Å². The molecule has 59 heavy (non-hydrogen) atoms. The molecule has 4 aromatic rings. The molecule has 4 N–H and O–H groups in total. The van der Waals surface area contributed by atoms with Crippen molar-refractivity contribution in [2.75, 3.05) is 27.9 Å². The molecule has 4 aliphatic rings. The molecule has 0 radical (unpaired) electrons. The van der Waals surface area contributed by atoms with Crippen molar-refractivity contribution in [1.82, 2.24) is 40.4 Å². The lowest BCUT2D eigenvalue weighted by atomic mass is 9.85. The Kier molecular flexibility index (Phi) is 11.2. The summed E-state index contributed by atoms with van der Waals surface area (Å²) in [5, 5.41) is 7.68. The van der Waals surface area contributed by atoms with Gasteiger partial charge in [0.1, 0.15) is 23.7 Å². The van der Waals surface area contributed by atoms with Gasteiger partial charge < -0.3 is 44.6 Å². The predicted octanol–water partition coefficient (Wildman–Crippen LogP) is 6.16. The minimum Gasteiger partial charge on any atom is -0.453 e. The van der Waals surface area contributed by atoms with E-state index in [9.17, 15) is 19.2 Å². The number of benzene rings is 2. The van der Waals surface area contributed by atoms with Crippen LogP contribution < -0.4 is 10.6 Å². The van der Waals surface area contributed by atoms with Gasteiger partial charge in [0.05, 0.1) is 44.3 Å². The average molecular weight is 807 g/mol. The van der Waals surface area contributed by atoms with Crippen LogP contribution in [0, 0.1) is 11.8 Å². The molecule has 2 saturated heterocycles. The molecule has 8 rings (SSSR count). The van der Waals surface area contributed by atoms with E-state index >= 15 is 0 Å². The number of nitrogens with zero attached hydrogens (tertiary/aromatic N) is 4. The smallest absolute Gasteiger partial charge is 0.407 e. The number of alkyl carbamates (subject to hydrolysis) is 2. The fourth-order valence-corrected chi connectivity index (χ4v) is 9.73. The predicted molar refractivity (Wildman–Crippen MR) is 220 cm³/mol. The number of hydrogen-bond donors (Lipinski definition) is 4. The Balaban J connectivity index is 0.975. The Morgan fingerprint density at radius 3 is 2.37 bits per heavy atom. The topological polar surface area (TPSA) is 184 Å². The maximum absolute atomic E-state index is 14.1. The quantitative estimate of drug-likeness (QED) is 0.138. The van der Waals surface area contributed by atoms with Gasteiger partial charge in [-0.25, -0.2) is 19.6 Å². The van der Waals surface area contributed by atoms with Crippen molar-refractivity contribution in [3.05, 3.63) is 77.3 Å². The van der Waals surface area contributed by atoms with Crippen LogP contribution in [-0.2, 0) is 30.2 Å². The maximum Gasteiger partial charge on any atom is 0.407 e. The van der Waals surface area contributed by atoms with Crippen molar-refractivity contribution in [1.29, 1.82) is 0 Å². The molecule has 2 aromatic heterocycles. The number of carbonyl (C=O) groups is 4. The molecule has 2 aromatic carbocycles. The second-order valence-corrected chi connectivity index (χ2v) is 16.7. The monoisotopic (exact) mass is 806 g/mol. The van der Waals surface area contributed by atoms with Gasteiger partial charge in [-0.3, -0.25) is 9.59 Å². The van der Waals surface area contributed by atoms with Crippen LogP contribution in [0.4, 0.5) is 9.59 Å². The van der Waals surface area contributed by atoms with Gasteiger partial charge in [0, 0.05) is 43.1 Å². The number of nitrogens with one attached hydrogen (secondary N) is 4. The number of aromatic nitrogens is 4. The molecule has 8 atom stereocenters. The Bertz CT molecular complexity index is 2270. The molecule has 1 saturated carbocycles. The highest BCUT2D eigenvalue weighted by atomic mass is 16.5. The summed E-state index contributed by atoms with van der Waals surface area (Å²) in [4.78, 5) is 72.4. The summed E-state index contributed by atoms with van der Waals surface area (Å²) < 4.78 is 15.1. The zero-order valence-electron chi connectivity index (χ0n) is 34.5. The van der Waals surface area contributed by atoms with Crippen LogP contribution in [0.15, 0.2) is 48.8 Å². The number of carbonyl (C=O) groups excluding carboxylic acids is 4. The van der Waals surface area contributed by atoms with Crippen molar-refractivity contribution >= 4 is 40.8 Å². The highest BCUT2D eigenvalue weighted by Gasteiger charge is 2.52. The largest absolute Gasteiger partial charge is 0.453 e. The lowest BCUT2D eigenvalue weighted by Crippen LogP contribution is -2.56. The third-order valence-electron chi connectivity index (χ3n) is 12.9. The van der Waals surface area contributed by atoms with E-state index in [-0.39, 0.29) is 47.7 Å². The number of piperidine rings is 1. The van der Waals surface area contributed by atoms with Crippen LogP contribution in [-0.4, -0.2) is 106 Å². The molecular weight excluding hydrogens is 753 g/mol. The van der Waals surface area contributed by atoms with Gasteiger partial charge in [0.15, 0.2) is 0 Å². The van der Waals surface area contributed by atoms with Crippen molar-refractivity contribution in [3.8, 4) is 11.3 Å². The third kappa shape index (κ3) is 7.56. The average Bonchev–Trinajstić information content (AvgIpc) is 4.11. The first-order chi connectivity index (χ1) is 28.5. The fraction of sp³-hybridized carbons (Fsp3) is 0.500. The van der Waals surface area contributed by atoms with Crippen LogP contribution in [0.2, 0.25) is 0 Å². The normalized spacial score (nSPS) is 23.6. The van der Waals surface area contributed by atoms with Crippen molar-refractivity contribution in [2.24, 2.45) is 11.8 Å². The summed E-state index contributed by atoms with van der Waals surface area (Å²) in [7, 11) is 4.10. The number of H-pyrrole nitrogens is 2. The summed E-state index contributed by atoms with van der Waals surface area (Å²) in [5.41, 5.74) is 5.31. The number of ether oxygens (including phenoxy) is 3. The number of rotatable bonds is 11. The first kappa shape index (κ1) is 40.1. The summed E-state index contributed by atoms with van der Waals surface area (Å²) in [6.45, 7) is 6.18. The minimum absolute atomic E-state index is 0.0804. The molecule has 15 heteroatoms. The van der Waals surface area contributed by atoms with E-state index in [4.69, 9.17) is 24.2 Å². The van der Waals surface area contributed by atoms with Crippen LogP contribution in [0.1, 0.15) is 99.3 Å². The second kappa shape index (κ2) is 16.5. The molecule has 3 fully saturated rings. The van der Waals surface area contributed by atoms with Crippen LogP contribution in [0.25, 0.3) is 28.1 Å². The molecule has 2 bridgehead atoms. The number of allylic oxidation sites excluding steroid dienone is 1. The molecule has 3 unspecified atom stereocenters. The van der Waals surface area contributed by atoms with Crippen LogP contribution in [0.3, 0.4) is 0 Å². The van der Waals surface area contributed by atoms with E-state index in [1.54, 1.807) is 6.92 Å². The highest BCUT2D eigenvalue weighted by Crippen LogP contribution is 2.50. The molecule has 312 valence electrons. The van der Waals surface area contributed by atoms with Gasteiger partial charge in [-0.05, 0) is 85.3 Å². The van der Waals surface area contributed by atoms with Gasteiger partial charge in [0.2, 0.25) is 11.8 Å². The number of fused-ring (bicyclic) bond motifs is 5. The zero-order chi connectivity index (χ0) is 41.5. The summed E-state index contributed by atoms with van der Waals surface area (Å²) >= 11 is 0. The summed E-state index contributed by atoms with van der Waals surface area (Å²) in [6, 6.07) is 8.88. The number of imidazole rings is 2. The van der Waals surface area contributed by atoms with E-state index in [0.717, 1.165) is 77.9 Å². The molecule has 2 aliphatic carbocycles. The number of amides is 4. The molecule has 4 amide bonds. The van der Waals surface area contributed by atoms with E-state index < -0.39 is 30.4 Å². The molecule has 0 spiro atoms. The second-order valence-electron chi connectivity index (χ2n) is 16.7. The zero-order valence-corrected chi connectivity index (χ0v) is 34.5. The Morgan fingerprint density at radius 2 is 1.63 bits per heavy atom. The van der Waals surface area contributed by atoms with Crippen molar-refractivity contribution in [3.63, 3.8) is 0 Å². The van der Waals surface area contributed by atoms with Gasteiger partial charge in [0.25, 0.3) is 0 Å². The number of aromatic amines is 2. The summed E-state index contributed by atoms with van der Waals surface area (Å²) in [5.74, 6) is 1.44. The van der Waals surface area contributed by atoms with Gasteiger partial charge >= 0.3 is 12.2 Å². The first-order valence-electron chi connectivity index (χ1n) is 20.7. The molecule has 4 heterocycles. The number of hydrogen-bond acceptors (Lipinski definition) is 9. The van der Waals surface area contributed by atoms with Gasteiger partial charge in [-0.2, -0.15) is 0 Å². The van der Waals surface area contributed by atoms with Gasteiger partial charge in [-0.15, -0.1) is 0 Å². The van der Waals surface area contributed by atoms with Crippen molar-refractivity contribution < 1.29 is 33.4 Å². The Hall–Kier alpha value is -5.70. The van der Waals surface area contributed by atoms with E-state index in [1.165, 1.54) is 32.5 Å². The molecular formula is C44H54N8O7. The van der Waals surface area contributed by atoms with Crippen LogP contribution >= 0.6 is 0 Å². The maximum atomic E-state index is 14.1. The number of likely N-dealkylation sites (tertiary alicyclic amines) is 2. The summed E-state index contributed by atoms with van der Waals surface area (Å²) in [6.07, 6.45) is 11.6. The third-order valence-corrected chi connectivity index (χ3v) is 12.9. The first-order valence-corrected chi connectivity index (χ1v) is 20.7. The van der Waals surface area contributed by atoms with Crippen molar-refractivity contribution in [2.45, 2.75) is 102 Å². The fourth-order valence-electron chi connectivity index (χ4n) is 9.73. The van der Waals surface area contributed by atoms with E-state index in [0.29, 0.717) is 6.54 Å². The van der Waals surface area contributed by atoms with E-state index in [2.05, 4.69) is 63.1 Å². The lowest BCUT2D eigenvalue weighted by molar-refractivity contribution is -0.141. The number of methoxy groups -OCH3 is 3. The standard InChI is InChI=1S/C44H54N8O7/c1-23(2)36(49-43(55)58-5)41(53)51-17-7-8-35(51)39-45-21-33(47-39)27-12-15-31-25(18-27)9-10-26-19-28(13-16-32(26)31)34-22-46-40(48-34)38-29-11-14-30(20-29)52(38)42(54)37(24(3)57-4)50-44(56)59-6/h9-10,12-13,15-16,18,21-24,28-30,35-38H,7-8,11,14,17,19-20H2,1-6H3,(H,45,47)(H,46,48)(H,49,55)(H,50,56)/t24?,28?,29-,30+,35-,36-,37?,38-/m0/s1. The highest BCUT2D eigenvalue weighted by molar-refractivity contribution is 5.95. The van der Waals surface area contributed by atoms with Gasteiger partial charge in [-0.1, -0.05) is 50.3 Å². The Labute approximate surface area is 343 Å². The Morgan fingerprint density at radius 1 is 0.864 bits per heavy atom. The molecule has 15 nitrogen and oxygen atoms in total. The minimum atomic E-state index is -0.883. The molecule has 2 aliphatic heterocycles. The lowest BCUT2D eigenvalue weighted by Gasteiger charge is -2.37. The van der Waals surface area contributed by atoms with Crippen LogP contribution in [0.5, 0.6) is 0 Å².